The number of fused-ring (bicyclic) bond motifs is 1. The van der Waals surface area contributed by atoms with Crippen LogP contribution in [0.3, 0.4) is 0 Å². The zero-order valence-electron chi connectivity index (χ0n) is 16.5. The SMILES string of the molecule is Cc1cccc(-c2[nH]c(CCC3CCOCC3)nc2-c2ccc3ncnn3c2)n1. The summed E-state index contributed by atoms with van der Waals surface area (Å²) in [6.45, 7) is 3.77. The monoisotopic (exact) mass is 388 g/mol. The first-order valence-corrected chi connectivity index (χ1v) is 10.2. The number of pyridine rings is 2. The van der Waals surface area contributed by atoms with E-state index in [0.717, 1.165) is 78.7 Å². The normalized spacial score (nSPS) is 15.2. The third-order valence-corrected chi connectivity index (χ3v) is 5.58. The molecule has 5 heterocycles. The Kier molecular flexibility index (Phi) is 4.81. The standard InChI is InChI=1S/C22H24N6O/c1-15-3-2-4-18(25-15)22-21(17-6-8-20-23-14-24-28(20)13-17)26-19(27-22)7-5-16-9-11-29-12-10-16/h2-4,6,8,13-14,16H,5,7,9-12H2,1H3,(H,26,27). The molecule has 4 aromatic heterocycles. The molecule has 4 aromatic rings. The van der Waals surface area contributed by atoms with E-state index in [2.05, 4.69) is 15.1 Å². The van der Waals surface area contributed by atoms with E-state index in [-0.39, 0.29) is 0 Å². The highest BCUT2D eigenvalue weighted by Gasteiger charge is 2.18. The van der Waals surface area contributed by atoms with Gasteiger partial charge < -0.3 is 9.72 Å². The Balaban J connectivity index is 1.51. The average molecular weight is 388 g/mol. The first kappa shape index (κ1) is 18.0. The van der Waals surface area contributed by atoms with Crippen molar-refractivity contribution in [2.45, 2.75) is 32.6 Å². The summed E-state index contributed by atoms with van der Waals surface area (Å²) in [6, 6.07) is 10.1. The maximum Gasteiger partial charge on any atom is 0.155 e. The smallest absolute Gasteiger partial charge is 0.155 e. The minimum absolute atomic E-state index is 0.712. The summed E-state index contributed by atoms with van der Waals surface area (Å²) in [5.41, 5.74) is 5.56. The first-order valence-electron chi connectivity index (χ1n) is 10.2. The lowest BCUT2D eigenvalue weighted by Crippen LogP contribution is -2.16. The summed E-state index contributed by atoms with van der Waals surface area (Å²) in [7, 11) is 0. The van der Waals surface area contributed by atoms with Gasteiger partial charge in [0.05, 0.1) is 17.1 Å². The fraction of sp³-hybridized carbons (Fsp3) is 0.364. The van der Waals surface area contributed by atoms with Crippen molar-refractivity contribution >= 4 is 5.65 Å². The molecule has 1 aliphatic rings. The first-order chi connectivity index (χ1) is 14.3. The zero-order valence-corrected chi connectivity index (χ0v) is 16.5. The molecule has 1 N–H and O–H groups in total. The van der Waals surface area contributed by atoms with E-state index in [0.29, 0.717) is 5.92 Å². The average Bonchev–Trinajstić information content (AvgIpc) is 3.39. The van der Waals surface area contributed by atoms with Crippen molar-refractivity contribution in [2.75, 3.05) is 13.2 Å². The van der Waals surface area contributed by atoms with Gasteiger partial charge in [0.15, 0.2) is 5.65 Å². The van der Waals surface area contributed by atoms with E-state index < -0.39 is 0 Å². The van der Waals surface area contributed by atoms with Gasteiger partial charge >= 0.3 is 0 Å². The van der Waals surface area contributed by atoms with Gasteiger partial charge in [0.2, 0.25) is 0 Å². The number of imidazole rings is 1. The summed E-state index contributed by atoms with van der Waals surface area (Å²) in [5, 5.41) is 4.27. The number of hydrogen-bond donors (Lipinski definition) is 1. The molecular weight excluding hydrogens is 364 g/mol. The summed E-state index contributed by atoms with van der Waals surface area (Å²) in [6.07, 6.45) is 7.87. The minimum atomic E-state index is 0.712. The van der Waals surface area contributed by atoms with E-state index in [1.807, 2.05) is 43.5 Å². The van der Waals surface area contributed by atoms with Crippen molar-refractivity contribution in [3.05, 3.63) is 54.4 Å². The molecule has 0 aliphatic carbocycles. The van der Waals surface area contributed by atoms with Crippen molar-refractivity contribution in [3.8, 4) is 22.6 Å². The second-order valence-corrected chi connectivity index (χ2v) is 7.65. The van der Waals surface area contributed by atoms with Crippen LogP contribution in [-0.4, -0.2) is 42.8 Å². The number of nitrogens with zero attached hydrogens (tertiary/aromatic N) is 5. The van der Waals surface area contributed by atoms with Crippen molar-refractivity contribution in [2.24, 2.45) is 5.92 Å². The molecule has 7 nitrogen and oxygen atoms in total. The Morgan fingerprint density at radius 3 is 2.90 bits per heavy atom. The second kappa shape index (κ2) is 7.75. The Hall–Kier alpha value is -3.06. The molecule has 148 valence electrons. The zero-order chi connectivity index (χ0) is 19.6. The molecule has 29 heavy (non-hydrogen) atoms. The maximum absolute atomic E-state index is 5.49. The lowest BCUT2D eigenvalue weighted by molar-refractivity contribution is 0.0639. The molecule has 0 unspecified atom stereocenters. The number of aromatic amines is 1. The van der Waals surface area contributed by atoms with Crippen LogP contribution < -0.4 is 0 Å². The Morgan fingerprint density at radius 1 is 1.14 bits per heavy atom. The topological polar surface area (TPSA) is 81.0 Å². The fourth-order valence-electron chi connectivity index (χ4n) is 3.95. The number of rotatable bonds is 5. The Morgan fingerprint density at radius 2 is 2.03 bits per heavy atom. The van der Waals surface area contributed by atoms with Gasteiger partial charge in [-0.15, -0.1) is 0 Å². The van der Waals surface area contributed by atoms with Crippen LogP contribution in [0.4, 0.5) is 0 Å². The highest BCUT2D eigenvalue weighted by molar-refractivity contribution is 5.77. The molecule has 1 aliphatic heterocycles. The van der Waals surface area contributed by atoms with E-state index in [9.17, 15) is 0 Å². The van der Waals surface area contributed by atoms with E-state index in [1.54, 1.807) is 10.8 Å². The molecule has 0 radical (unpaired) electrons. The molecule has 0 atom stereocenters. The number of ether oxygens (including phenoxy) is 1. The number of aromatic nitrogens is 6. The minimum Gasteiger partial charge on any atom is -0.381 e. The van der Waals surface area contributed by atoms with Gasteiger partial charge in [0.25, 0.3) is 0 Å². The quantitative estimate of drug-likeness (QED) is 0.562. The predicted molar refractivity (Wildman–Crippen MR) is 110 cm³/mol. The van der Waals surface area contributed by atoms with Gasteiger partial charge in [0.1, 0.15) is 12.2 Å². The van der Waals surface area contributed by atoms with Gasteiger partial charge in [0, 0.05) is 37.1 Å². The fourth-order valence-corrected chi connectivity index (χ4v) is 3.95. The van der Waals surface area contributed by atoms with Crippen LogP contribution in [0, 0.1) is 12.8 Å². The third-order valence-electron chi connectivity index (χ3n) is 5.58. The van der Waals surface area contributed by atoms with E-state index in [4.69, 9.17) is 14.7 Å². The summed E-state index contributed by atoms with van der Waals surface area (Å²) in [5.74, 6) is 1.72. The number of nitrogens with one attached hydrogen (secondary N) is 1. The van der Waals surface area contributed by atoms with Crippen LogP contribution in [-0.2, 0) is 11.2 Å². The van der Waals surface area contributed by atoms with Crippen LogP contribution in [0.25, 0.3) is 28.3 Å². The molecule has 0 saturated carbocycles. The van der Waals surface area contributed by atoms with Crippen LogP contribution in [0.5, 0.6) is 0 Å². The van der Waals surface area contributed by atoms with Gasteiger partial charge in [-0.3, -0.25) is 4.98 Å². The lowest BCUT2D eigenvalue weighted by atomic mass is 9.95. The Bertz CT molecular complexity index is 1130. The molecule has 1 fully saturated rings. The molecular formula is C22H24N6O. The van der Waals surface area contributed by atoms with Crippen molar-refractivity contribution in [1.82, 2.24) is 29.5 Å². The summed E-state index contributed by atoms with van der Waals surface area (Å²) < 4.78 is 7.26. The molecule has 5 rings (SSSR count). The van der Waals surface area contributed by atoms with Crippen molar-refractivity contribution in [1.29, 1.82) is 0 Å². The largest absolute Gasteiger partial charge is 0.381 e. The Labute approximate surface area is 169 Å². The van der Waals surface area contributed by atoms with Crippen molar-refractivity contribution < 1.29 is 4.74 Å². The molecule has 0 amide bonds. The molecule has 1 saturated heterocycles. The third kappa shape index (κ3) is 3.78. The summed E-state index contributed by atoms with van der Waals surface area (Å²) in [4.78, 5) is 17.5. The van der Waals surface area contributed by atoms with Gasteiger partial charge in [-0.05, 0) is 56.4 Å². The van der Waals surface area contributed by atoms with Crippen LogP contribution in [0.2, 0.25) is 0 Å². The molecule has 7 heteroatoms. The number of hydrogen-bond acceptors (Lipinski definition) is 5. The molecule has 0 aromatic carbocycles. The van der Waals surface area contributed by atoms with Crippen LogP contribution in [0.15, 0.2) is 42.9 Å². The summed E-state index contributed by atoms with van der Waals surface area (Å²) >= 11 is 0. The predicted octanol–water partition coefficient (Wildman–Crippen LogP) is 3.85. The molecule has 0 bridgehead atoms. The lowest BCUT2D eigenvalue weighted by Gasteiger charge is -2.21. The maximum atomic E-state index is 5.49. The van der Waals surface area contributed by atoms with Gasteiger partial charge in [-0.1, -0.05) is 6.07 Å². The molecule has 0 spiro atoms. The highest BCUT2D eigenvalue weighted by atomic mass is 16.5. The van der Waals surface area contributed by atoms with Crippen LogP contribution in [0.1, 0.15) is 30.8 Å². The van der Waals surface area contributed by atoms with Crippen molar-refractivity contribution in [3.63, 3.8) is 0 Å². The van der Waals surface area contributed by atoms with E-state index in [1.165, 1.54) is 0 Å². The number of aryl methyl sites for hydroxylation is 2. The van der Waals surface area contributed by atoms with Gasteiger partial charge in [-0.2, -0.15) is 5.10 Å². The van der Waals surface area contributed by atoms with E-state index >= 15 is 0 Å². The number of H-pyrrole nitrogens is 1. The second-order valence-electron chi connectivity index (χ2n) is 7.65. The van der Waals surface area contributed by atoms with Gasteiger partial charge in [-0.25, -0.2) is 14.5 Å². The highest BCUT2D eigenvalue weighted by Crippen LogP contribution is 2.30. The van der Waals surface area contributed by atoms with Crippen LogP contribution >= 0.6 is 0 Å².